The first kappa shape index (κ1) is 24.6. The summed E-state index contributed by atoms with van der Waals surface area (Å²) >= 11 is 19.4. The number of piperidine rings is 1. The molecule has 1 saturated heterocycles. The molecule has 4 rings (SSSR count). The van der Waals surface area contributed by atoms with Crippen molar-refractivity contribution in [2.75, 3.05) is 18.0 Å². The maximum absolute atomic E-state index is 13.1. The van der Waals surface area contributed by atoms with Crippen LogP contribution in [-0.4, -0.2) is 31.7 Å². The average molecular weight is 556 g/mol. The Hall–Kier alpha value is -1.52. The molecule has 12 heteroatoms. The summed E-state index contributed by atoms with van der Waals surface area (Å²) in [6, 6.07) is 7.59. The van der Waals surface area contributed by atoms with Crippen molar-refractivity contribution < 1.29 is 21.6 Å². The van der Waals surface area contributed by atoms with Crippen LogP contribution in [0.3, 0.4) is 0 Å². The number of sulfone groups is 1. The van der Waals surface area contributed by atoms with Crippen LogP contribution >= 0.6 is 46.1 Å². The molecule has 1 aliphatic rings. The van der Waals surface area contributed by atoms with E-state index >= 15 is 0 Å². The molecule has 0 unspecified atom stereocenters. The Bertz CT molecular complexity index is 1290. The number of anilines is 1. The maximum atomic E-state index is 13.1. The fraction of sp³-hybridized carbons (Fsp3) is 0.286. The van der Waals surface area contributed by atoms with Gasteiger partial charge in [0.15, 0.2) is 15.0 Å². The average Bonchev–Trinajstić information content (AvgIpc) is 3.25. The standard InChI is InChI=1S/C21H16Cl3F3N2O2S2/c22-15-3-1-12(9-17(15)24)18-11-32-20(28-18)29-7-5-14(6-8-29)33(30,31)19-10-13(21(25,26)27)2-4-16(19)23/h1-4,9-11,14H,5-8H2. The Morgan fingerprint density at radius 3 is 2.27 bits per heavy atom. The van der Waals surface area contributed by atoms with Crippen molar-refractivity contribution in [1.82, 2.24) is 4.98 Å². The highest BCUT2D eigenvalue weighted by Crippen LogP contribution is 2.37. The minimum atomic E-state index is -4.66. The van der Waals surface area contributed by atoms with Crippen molar-refractivity contribution in [3.63, 3.8) is 0 Å². The Kier molecular flexibility index (Phi) is 6.90. The molecule has 0 atom stereocenters. The van der Waals surface area contributed by atoms with Crippen molar-refractivity contribution >= 4 is 61.1 Å². The number of benzene rings is 2. The summed E-state index contributed by atoms with van der Waals surface area (Å²) in [6.45, 7) is 0.795. The van der Waals surface area contributed by atoms with Gasteiger partial charge in [-0.3, -0.25) is 0 Å². The monoisotopic (exact) mass is 554 g/mol. The Morgan fingerprint density at radius 2 is 1.64 bits per heavy atom. The molecular formula is C21H16Cl3F3N2O2S2. The normalized spacial score (nSPS) is 15.8. The topological polar surface area (TPSA) is 50.3 Å². The number of hydrogen-bond acceptors (Lipinski definition) is 5. The van der Waals surface area contributed by atoms with E-state index in [0.29, 0.717) is 29.2 Å². The van der Waals surface area contributed by atoms with E-state index < -0.39 is 31.7 Å². The van der Waals surface area contributed by atoms with Gasteiger partial charge in [0.1, 0.15) is 0 Å². The molecule has 1 fully saturated rings. The molecule has 2 heterocycles. The molecular weight excluding hydrogens is 540 g/mol. The fourth-order valence-corrected chi connectivity index (χ4v) is 7.08. The minimum absolute atomic E-state index is 0.211. The summed E-state index contributed by atoms with van der Waals surface area (Å²) in [5.74, 6) is 0. The molecule has 1 aliphatic heterocycles. The zero-order valence-corrected chi connectivity index (χ0v) is 20.6. The molecule has 176 valence electrons. The SMILES string of the molecule is O=S(=O)(c1cc(C(F)(F)F)ccc1Cl)C1CCN(c2nc(-c3ccc(Cl)c(Cl)c3)cs2)CC1. The highest BCUT2D eigenvalue weighted by atomic mass is 35.5. The van der Waals surface area contributed by atoms with Crippen LogP contribution in [0.4, 0.5) is 18.3 Å². The van der Waals surface area contributed by atoms with Crippen LogP contribution in [0.15, 0.2) is 46.7 Å². The van der Waals surface area contributed by atoms with Crippen molar-refractivity contribution in [3.8, 4) is 11.3 Å². The predicted octanol–water partition coefficient (Wildman–Crippen LogP) is 7.23. The lowest BCUT2D eigenvalue weighted by atomic mass is 10.1. The molecule has 0 radical (unpaired) electrons. The molecule has 1 aromatic heterocycles. The zero-order valence-electron chi connectivity index (χ0n) is 16.7. The van der Waals surface area contributed by atoms with Crippen molar-refractivity contribution in [2.45, 2.75) is 29.2 Å². The molecule has 0 saturated carbocycles. The second kappa shape index (κ2) is 9.26. The summed E-state index contributed by atoms with van der Waals surface area (Å²) in [5.41, 5.74) is 0.489. The number of thiazole rings is 1. The zero-order chi connectivity index (χ0) is 24.0. The maximum Gasteiger partial charge on any atom is 0.416 e. The fourth-order valence-electron chi connectivity index (χ4n) is 3.63. The van der Waals surface area contributed by atoms with E-state index in [-0.39, 0.29) is 17.9 Å². The van der Waals surface area contributed by atoms with Crippen LogP contribution in [0.2, 0.25) is 15.1 Å². The number of aromatic nitrogens is 1. The third-order valence-corrected chi connectivity index (χ3v) is 9.81. The smallest absolute Gasteiger partial charge is 0.348 e. The summed E-state index contributed by atoms with van der Waals surface area (Å²) in [4.78, 5) is 6.11. The Morgan fingerprint density at radius 1 is 0.970 bits per heavy atom. The molecule has 4 nitrogen and oxygen atoms in total. The second-order valence-corrected chi connectivity index (χ2v) is 11.8. The van der Waals surface area contributed by atoms with E-state index in [9.17, 15) is 21.6 Å². The summed E-state index contributed by atoms with van der Waals surface area (Å²) in [5, 5.41) is 2.42. The molecule has 2 aromatic carbocycles. The van der Waals surface area contributed by atoms with E-state index in [1.807, 2.05) is 16.3 Å². The van der Waals surface area contributed by atoms with Gasteiger partial charge < -0.3 is 4.90 Å². The van der Waals surface area contributed by atoms with Gasteiger partial charge in [0.05, 0.1) is 36.5 Å². The van der Waals surface area contributed by atoms with Gasteiger partial charge in [-0.25, -0.2) is 13.4 Å². The van der Waals surface area contributed by atoms with Crippen molar-refractivity contribution in [3.05, 3.63) is 62.4 Å². The van der Waals surface area contributed by atoms with Crippen LogP contribution in [0.5, 0.6) is 0 Å². The molecule has 0 spiro atoms. The van der Waals surface area contributed by atoms with Gasteiger partial charge in [-0.2, -0.15) is 13.2 Å². The summed E-state index contributed by atoms with van der Waals surface area (Å²) in [6.07, 6.45) is -4.16. The minimum Gasteiger partial charge on any atom is -0.348 e. The lowest BCUT2D eigenvalue weighted by Crippen LogP contribution is -2.39. The number of nitrogens with zero attached hydrogens (tertiary/aromatic N) is 2. The van der Waals surface area contributed by atoms with Crippen LogP contribution in [0, 0.1) is 0 Å². The van der Waals surface area contributed by atoms with Crippen LogP contribution < -0.4 is 4.90 Å². The predicted molar refractivity (Wildman–Crippen MR) is 126 cm³/mol. The quantitative estimate of drug-likeness (QED) is 0.341. The largest absolute Gasteiger partial charge is 0.416 e. The molecule has 33 heavy (non-hydrogen) atoms. The Labute approximate surface area is 207 Å². The van der Waals surface area contributed by atoms with Gasteiger partial charge in [0, 0.05) is 24.0 Å². The van der Waals surface area contributed by atoms with E-state index in [2.05, 4.69) is 4.98 Å². The van der Waals surface area contributed by atoms with Crippen molar-refractivity contribution in [1.29, 1.82) is 0 Å². The van der Waals surface area contributed by atoms with Crippen molar-refractivity contribution in [2.24, 2.45) is 0 Å². The Balaban J connectivity index is 1.49. The van der Waals surface area contributed by atoms with Crippen LogP contribution in [-0.2, 0) is 16.0 Å². The van der Waals surface area contributed by atoms with Gasteiger partial charge in [0.2, 0.25) is 0 Å². The first-order valence-electron chi connectivity index (χ1n) is 9.73. The first-order chi connectivity index (χ1) is 15.5. The van der Waals surface area contributed by atoms with E-state index in [0.717, 1.165) is 28.5 Å². The van der Waals surface area contributed by atoms with Gasteiger partial charge in [0.25, 0.3) is 0 Å². The molecule has 0 bridgehead atoms. The van der Waals surface area contributed by atoms with Gasteiger partial charge in [-0.05, 0) is 43.2 Å². The van der Waals surface area contributed by atoms with Gasteiger partial charge in [-0.1, -0.05) is 40.9 Å². The lowest BCUT2D eigenvalue weighted by molar-refractivity contribution is -0.137. The third kappa shape index (κ3) is 5.12. The number of alkyl halides is 3. The van der Waals surface area contributed by atoms with Crippen LogP contribution in [0.25, 0.3) is 11.3 Å². The molecule has 0 amide bonds. The van der Waals surface area contributed by atoms with Gasteiger partial charge in [-0.15, -0.1) is 11.3 Å². The summed E-state index contributed by atoms with van der Waals surface area (Å²) < 4.78 is 65.4. The van der Waals surface area contributed by atoms with Crippen LogP contribution in [0.1, 0.15) is 18.4 Å². The molecule has 0 N–H and O–H groups in total. The van der Waals surface area contributed by atoms with E-state index in [4.69, 9.17) is 34.8 Å². The van der Waals surface area contributed by atoms with Gasteiger partial charge >= 0.3 is 6.18 Å². The van der Waals surface area contributed by atoms with E-state index in [1.165, 1.54) is 11.3 Å². The summed E-state index contributed by atoms with van der Waals surface area (Å²) in [7, 11) is -4.03. The number of rotatable bonds is 4. The molecule has 0 aliphatic carbocycles. The number of hydrogen-bond donors (Lipinski definition) is 0. The van der Waals surface area contributed by atoms with E-state index in [1.54, 1.807) is 12.1 Å². The molecule has 3 aromatic rings. The number of halogens is 6. The highest BCUT2D eigenvalue weighted by Gasteiger charge is 2.37. The third-order valence-electron chi connectivity index (χ3n) is 5.42. The first-order valence-corrected chi connectivity index (χ1v) is 13.3. The highest BCUT2D eigenvalue weighted by molar-refractivity contribution is 7.92. The second-order valence-electron chi connectivity index (χ2n) is 7.52. The lowest BCUT2D eigenvalue weighted by Gasteiger charge is -2.31.